The van der Waals surface area contributed by atoms with Crippen molar-refractivity contribution < 1.29 is 9.53 Å². The number of amides is 1. The fourth-order valence-corrected chi connectivity index (χ4v) is 1.87. The van der Waals surface area contributed by atoms with Crippen molar-refractivity contribution >= 4 is 24.0 Å². The van der Waals surface area contributed by atoms with Crippen LogP contribution in [0.3, 0.4) is 0 Å². The van der Waals surface area contributed by atoms with Gasteiger partial charge in [-0.2, -0.15) is 4.68 Å². The Balaban J connectivity index is 0.00000242. The van der Waals surface area contributed by atoms with Crippen LogP contribution < -0.4 is 15.8 Å². The van der Waals surface area contributed by atoms with Gasteiger partial charge in [0.25, 0.3) is 0 Å². The minimum Gasteiger partial charge on any atom is -0.494 e. The van der Waals surface area contributed by atoms with Crippen LogP contribution in [0.25, 0.3) is 5.69 Å². The highest BCUT2D eigenvalue weighted by Crippen LogP contribution is 2.26. The van der Waals surface area contributed by atoms with Crippen LogP contribution in [0.1, 0.15) is 18.7 Å². The molecule has 0 bridgehead atoms. The molecule has 0 saturated carbocycles. The number of methoxy groups -OCH3 is 1. The Morgan fingerprint density at radius 3 is 2.82 bits per heavy atom. The third kappa shape index (κ3) is 4.15. The second kappa shape index (κ2) is 8.30. The monoisotopic (exact) mass is 326 g/mol. The first-order chi connectivity index (χ1) is 10.2. The summed E-state index contributed by atoms with van der Waals surface area (Å²) in [6, 6.07) is 5.29. The third-order valence-corrected chi connectivity index (χ3v) is 2.92. The number of hydrogen-bond donors (Lipinski definition) is 2. The van der Waals surface area contributed by atoms with E-state index in [1.165, 1.54) is 0 Å². The van der Waals surface area contributed by atoms with Crippen LogP contribution in [0.5, 0.6) is 5.75 Å². The lowest BCUT2D eigenvalue weighted by atomic mass is 10.2. The predicted octanol–water partition coefficient (Wildman–Crippen LogP) is 1.08. The van der Waals surface area contributed by atoms with Gasteiger partial charge in [-0.05, 0) is 48.5 Å². The molecule has 0 aliphatic heterocycles. The van der Waals surface area contributed by atoms with Crippen molar-refractivity contribution in [3.63, 3.8) is 0 Å². The molecule has 1 aromatic carbocycles. The number of rotatable bonds is 6. The number of carbonyl (C=O) groups excluding carboxylic acids is 1. The highest BCUT2D eigenvalue weighted by molar-refractivity contribution is 5.91. The van der Waals surface area contributed by atoms with Gasteiger partial charge in [0.15, 0.2) is 5.82 Å². The van der Waals surface area contributed by atoms with Gasteiger partial charge >= 0.3 is 0 Å². The molecule has 1 amide bonds. The highest BCUT2D eigenvalue weighted by atomic mass is 35.5. The van der Waals surface area contributed by atoms with Crippen LogP contribution in [0.2, 0.25) is 0 Å². The second-order valence-electron chi connectivity index (χ2n) is 4.46. The lowest BCUT2D eigenvalue weighted by Crippen LogP contribution is -2.14. The van der Waals surface area contributed by atoms with Gasteiger partial charge in [-0.3, -0.25) is 4.79 Å². The fourth-order valence-electron chi connectivity index (χ4n) is 1.87. The fraction of sp³-hybridized carbons (Fsp3) is 0.385. The summed E-state index contributed by atoms with van der Waals surface area (Å²) in [5, 5.41) is 14.2. The Morgan fingerprint density at radius 1 is 1.45 bits per heavy atom. The summed E-state index contributed by atoms with van der Waals surface area (Å²) in [6.07, 6.45) is 1.04. The maximum atomic E-state index is 11.7. The van der Waals surface area contributed by atoms with E-state index in [0.717, 1.165) is 0 Å². The molecule has 2 rings (SSSR count). The minimum atomic E-state index is -0.0787. The maximum Gasteiger partial charge on any atom is 0.224 e. The number of nitrogens with one attached hydrogen (secondary N) is 1. The molecule has 0 fully saturated rings. The first-order valence-corrected chi connectivity index (χ1v) is 6.59. The van der Waals surface area contributed by atoms with Crippen LogP contribution in [-0.2, 0) is 4.79 Å². The summed E-state index contributed by atoms with van der Waals surface area (Å²) in [5.74, 6) is 1.16. The Labute approximate surface area is 134 Å². The average Bonchev–Trinajstić information content (AvgIpc) is 2.91. The second-order valence-corrected chi connectivity index (χ2v) is 4.46. The van der Waals surface area contributed by atoms with Crippen molar-refractivity contribution in [3.8, 4) is 11.4 Å². The van der Waals surface area contributed by atoms with Crippen LogP contribution >= 0.6 is 12.4 Å². The lowest BCUT2D eigenvalue weighted by molar-refractivity contribution is -0.116. The molecule has 22 heavy (non-hydrogen) atoms. The standard InChI is InChI=1S/C13H18N6O2.ClH/c1-9-16-17-18-19(9)11-8-10(5-6-12(11)21-2)15-13(20)4-3-7-14;/h5-6,8H,3-4,7,14H2,1-2H3,(H,15,20);1H. The van der Waals surface area contributed by atoms with Crippen molar-refractivity contribution in [2.45, 2.75) is 19.8 Å². The first kappa shape index (κ1) is 17.9. The molecule has 0 unspecified atom stereocenters. The zero-order valence-electron chi connectivity index (χ0n) is 12.4. The summed E-state index contributed by atoms with van der Waals surface area (Å²) in [6.45, 7) is 2.27. The van der Waals surface area contributed by atoms with Gasteiger partial charge in [0.1, 0.15) is 11.4 Å². The number of nitrogens with zero attached hydrogens (tertiary/aromatic N) is 4. The van der Waals surface area contributed by atoms with Gasteiger partial charge in [-0.1, -0.05) is 0 Å². The summed E-state index contributed by atoms with van der Waals surface area (Å²) < 4.78 is 6.85. The molecule has 0 saturated heterocycles. The molecule has 8 nitrogen and oxygen atoms in total. The third-order valence-electron chi connectivity index (χ3n) is 2.92. The molecule has 0 radical (unpaired) electrons. The SMILES string of the molecule is COc1ccc(NC(=O)CCCN)cc1-n1nnnc1C.Cl. The topological polar surface area (TPSA) is 108 Å². The van der Waals surface area contributed by atoms with Crippen LogP contribution in [0.4, 0.5) is 5.69 Å². The number of aryl methyl sites for hydroxylation is 1. The summed E-state index contributed by atoms with van der Waals surface area (Å²) in [7, 11) is 1.57. The van der Waals surface area contributed by atoms with Crippen LogP contribution in [0, 0.1) is 6.92 Å². The molecular formula is C13H19ClN6O2. The predicted molar refractivity (Wildman–Crippen MR) is 84.6 cm³/mol. The molecule has 1 aromatic heterocycles. The van der Waals surface area contributed by atoms with Gasteiger partial charge in [0.05, 0.1) is 7.11 Å². The molecule has 0 aliphatic carbocycles. The Morgan fingerprint density at radius 2 is 2.23 bits per heavy atom. The number of nitrogens with two attached hydrogens (primary N) is 1. The number of benzene rings is 1. The van der Waals surface area contributed by atoms with Gasteiger partial charge in [0.2, 0.25) is 5.91 Å². The van der Waals surface area contributed by atoms with Gasteiger partial charge < -0.3 is 15.8 Å². The van der Waals surface area contributed by atoms with E-state index in [2.05, 4.69) is 20.8 Å². The maximum absolute atomic E-state index is 11.7. The molecular weight excluding hydrogens is 308 g/mol. The van der Waals surface area contributed by atoms with Crippen molar-refractivity contribution in [1.82, 2.24) is 20.2 Å². The zero-order chi connectivity index (χ0) is 15.2. The first-order valence-electron chi connectivity index (χ1n) is 6.59. The smallest absolute Gasteiger partial charge is 0.224 e. The van der Waals surface area contributed by atoms with Gasteiger partial charge in [0, 0.05) is 12.1 Å². The van der Waals surface area contributed by atoms with E-state index in [9.17, 15) is 4.79 Å². The molecule has 9 heteroatoms. The number of anilines is 1. The average molecular weight is 327 g/mol. The largest absolute Gasteiger partial charge is 0.494 e. The van der Waals surface area contributed by atoms with Crippen molar-refractivity contribution in [3.05, 3.63) is 24.0 Å². The quantitative estimate of drug-likeness (QED) is 0.822. The van der Waals surface area contributed by atoms with Gasteiger partial charge in [-0.25, -0.2) is 0 Å². The molecule has 0 atom stereocenters. The number of aromatic nitrogens is 4. The molecule has 2 aromatic rings. The number of hydrogen-bond acceptors (Lipinski definition) is 6. The van der Waals surface area contributed by atoms with Crippen LogP contribution in [0.15, 0.2) is 18.2 Å². The number of tetrazole rings is 1. The Hall–Kier alpha value is -2.19. The normalized spacial score (nSPS) is 9.95. The molecule has 3 N–H and O–H groups in total. The van der Waals surface area contributed by atoms with E-state index in [0.29, 0.717) is 42.3 Å². The van der Waals surface area contributed by atoms with E-state index in [-0.39, 0.29) is 18.3 Å². The number of halogens is 1. The van der Waals surface area contributed by atoms with E-state index in [1.54, 1.807) is 36.9 Å². The molecule has 0 spiro atoms. The van der Waals surface area contributed by atoms with E-state index in [1.807, 2.05) is 0 Å². The number of ether oxygens (including phenoxy) is 1. The molecule has 0 aliphatic rings. The summed E-state index contributed by atoms with van der Waals surface area (Å²) >= 11 is 0. The van der Waals surface area contributed by atoms with E-state index < -0.39 is 0 Å². The van der Waals surface area contributed by atoms with E-state index in [4.69, 9.17) is 10.5 Å². The van der Waals surface area contributed by atoms with Gasteiger partial charge in [-0.15, -0.1) is 17.5 Å². The van der Waals surface area contributed by atoms with E-state index >= 15 is 0 Å². The summed E-state index contributed by atoms with van der Waals surface area (Å²) in [4.78, 5) is 11.7. The zero-order valence-corrected chi connectivity index (χ0v) is 13.3. The highest BCUT2D eigenvalue weighted by Gasteiger charge is 2.12. The van der Waals surface area contributed by atoms with Crippen molar-refractivity contribution in [2.24, 2.45) is 5.73 Å². The molecule has 1 heterocycles. The Bertz CT molecular complexity index is 631. The lowest BCUT2D eigenvalue weighted by Gasteiger charge is -2.11. The van der Waals surface area contributed by atoms with Crippen molar-refractivity contribution in [2.75, 3.05) is 19.0 Å². The van der Waals surface area contributed by atoms with Crippen LogP contribution in [-0.4, -0.2) is 39.8 Å². The van der Waals surface area contributed by atoms with Crippen molar-refractivity contribution in [1.29, 1.82) is 0 Å². The Kier molecular flexibility index (Phi) is 6.74. The minimum absolute atomic E-state index is 0. The summed E-state index contributed by atoms with van der Waals surface area (Å²) in [5.41, 5.74) is 6.71. The number of carbonyl (C=O) groups is 1. The molecule has 120 valence electrons.